The van der Waals surface area contributed by atoms with Gasteiger partial charge in [0.25, 0.3) is 5.69 Å². The first kappa shape index (κ1) is 24.7. The first-order valence-corrected chi connectivity index (χ1v) is 10.7. The lowest BCUT2D eigenvalue weighted by Crippen LogP contribution is -2.58. The molecular formula is C23H30N2O8. The number of carboxylic acid groups (broad SMARTS) is 1. The van der Waals surface area contributed by atoms with E-state index in [4.69, 9.17) is 14.2 Å². The van der Waals surface area contributed by atoms with Crippen molar-refractivity contribution in [1.82, 2.24) is 5.32 Å². The molecule has 0 saturated carbocycles. The number of carbonyl (C=O) groups is 2. The number of methoxy groups -OCH3 is 1. The van der Waals surface area contributed by atoms with Crippen LogP contribution in [0.25, 0.3) is 0 Å². The fourth-order valence-corrected chi connectivity index (χ4v) is 4.93. The number of aliphatic carboxylic acids is 1. The molecule has 1 saturated heterocycles. The number of benzene rings is 1. The summed E-state index contributed by atoms with van der Waals surface area (Å²) < 4.78 is 16.6. The largest absolute Gasteiger partial charge is 0.478 e. The monoisotopic (exact) mass is 462 g/mol. The Morgan fingerprint density at radius 3 is 2.58 bits per heavy atom. The summed E-state index contributed by atoms with van der Waals surface area (Å²) in [5.41, 5.74) is -0.347. The third-order valence-electron chi connectivity index (χ3n) is 6.39. The van der Waals surface area contributed by atoms with E-state index in [2.05, 4.69) is 5.32 Å². The van der Waals surface area contributed by atoms with Crippen LogP contribution in [0.4, 0.5) is 5.69 Å². The summed E-state index contributed by atoms with van der Waals surface area (Å²) >= 11 is 0. The fourth-order valence-electron chi connectivity index (χ4n) is 4.93. The molecule has 2 N–H and O–H groups in total. The number of allylic oxidation sites excluding steroid dienone is 1. The number of hydrogen-bond acceptors (Lipinski definition) is 8. The van der Waals surface area contributed by atoms with Crippen molar-refractivity contribution >= 4 is 17.6 Å². The predicted molar refractivity (Wildman–Crippen MR) is 117 cm³/mol. The Labute approximate surface area is 192 Å². The van der Waals surface area contributed by atoms with Gasteiger partial charge in [0, 0.05) is 29.3 Å². The Balaban J connectivity index is 2.06. The zero-order valence-corrected chi connectivity index (χ0v) is 19.4. The van der Waals surface area contributed by atoms with Crippen molar-refractivity contribution in [3.8, 4) is 0 Å². The quantitative estimate of drug-likeness (QED) is 0.356. The van der Waals surface area contributed by atoms with Crippen LogP contribution in [0.2, 0.25) is 0 Å². The highest BCUT2D eigenvalue weighted by molar-refractivity contribution is 5.92. The minimum atomic E-state index is -1.21. The van der Waals surface area contributed by atoms with Crippen LogP contribution in [0.5, 0.6) is 0 Å². The molecule has 1 fully saturated rings. The molecule has 10 nitrogen and oxygen atoms in total. The molecule has 2 aliphatic heterocycles. The molecular weight excluding hydrogens is 432 g/mol. The molecule has 1 aromatic carbocycles. The predicted octanol–water partition coefficient (Wildman–Crippen LogP) is 3.12. The van der Waals surface area contributed by atoms with Crippen LogP contribution < -0.4 is 5.32 Å². The maximum Gasteiger partial charge on any atom is 0.333 e. The lowest BCUT2D eigenvalue weighted by atomic mass is 9.65. The van der Waals surface area contributed by atoms with Crippen molar-refractivity contribution in [1.29, 1.82) is 0 Å². The van der Waals surface area contributed by atoms with Gasteiger partial charge >= 0.3 is 11.9 Å². The number of carbonyl (C=O) groups excluding carboxylic acids is 1. The number of nitrogens with zero attached hydrogens (tertiary/aromatic N) is 1. The van der Waals surface area contributed by atoms with Gasteiger partial charge in [-0.3, -0.25) is 14.9 Å². The smallest absolute Gasteiger partial charge is 0.333 e. The SMILES string of the molecule is COC(=O)C1C(c2cccc([N+](=O)[O-])c2)C(C(=O)O)=C(C)NC1(C)CCC1COC(C)(C)O1. The van der Waals surface area contributed by atoms with Crippen LogP contribution >= 0.6 is 0 Å². The van der Waals surface area contributed by atoms with E-state index in [9.17, 15) is 24.8 Å². The number of nitro groups is 1. The van der Waals surface area contributed by atoms with Crippen molar-refractivity contribution in [2.24, 2.45) is 5.92 Å². The summed E-state index contributed by atoms with van der Waals surface area (Å²) in [6.07, 6.45) is 0.822. The zero-order valence-electron chi connectivity index (χ0n) is 19.4. The van der Waals surface area contributed by atoms with Gasteiger partial charge in [0.1, 0.15) is 0 Å². The van der Waals surface area contributed by atoms with Gasteiger partial charge < -0.3 is 24.6 Å². The Morgan fingerprint density at radius 1 is 1.33 bits per heavy atom. The van der Waals surface area contributed by atoms with Crippen molar-refractivity contribution in [2.75, 3.05) is 13.7 Å². The van der Waals surface area contributed by atoms with Gasteiger partial charge in [-0.25, -0.2) is 4.79 Å². The van der Waals surface area contributed by atoms with Crippen LogP contribution in [0.1, 0.15) is 52.0 Å². The molecule has 0 spiro atoms. The lowest BCUT2D eigenvalue weighted by Gasteiger charge is -2.46. The highest BCUT2D eigenvalue weighted by atomic mass is 16.7. The number of nitro benzene ring substituents is 1. The average Bonchev–Trinajstić information content (AvgIpc) is 3.09. The number of non-ortho nitro benzene ring substituents is 1. The van der Waals surface area contributed by atoms with Crippen molar-refractivity contribution in [3.63, 3.8) is 0 Å². The number of hydrogen-bond donors (Lipinski definition) is 2. The van der Waals surface area contributed by atoms with Crippen molar-refractivity contribution < 1.29 is 33.8 Å². The minimum absolute atomic E-state index is 0.0232. The second-order valence-corrected chi connectivity index (χ2v) is 9.21. The molecule has 10 heteroatoms. The van der Waals surface area contributed by atoms with Gasteiger partial charge in [0.05, 0.1) is 36.2 Å². The zero-order chi connectivity index (χ0) is 24.6. The van der Waals surface area contributed by atoms with E-state index in [1.165, 1.54) is 25.3 Å². The van der Waals surface area contributed by atoms with Gasteiger partial charge in [-0.2, -0.15) is 0 Å². The van der Waals surface area contributed by atoms with Crippen LogP contribution in [0, 0.1) is 16.0 Å². The average molecular weight is 462 g/mol. The van der Waals surface area contributed by atoms with E-state index in [1.54, 1.807) is 13.0 Å². The molecule has 2 aliphatic rings. The van der Waals surface area contributed by atoms with Gasteiger partial charge in [-0.05, 0) is 46.1 Å². The molecule has 0 aliphatic carbocycles. The molecule has 0 radical (unpaired) electrons. The summed E-state index contributed by atoms with van der Waals surface area (Å²) in [5.74, 6) is -4.39. The maximum absolute atomic E-state index is 13.1. The molecule has 4 atom stereocenters. The second-order valence-electron chi connectivity index (χ2n) is 9.21. The van der Waals surface area contributed by atoms with Crippen LogP contribution in [0.3, 0.4) is 0 Å². The molecule has 33 heavy (non-hydrogen) atoms. The highest BCUT2D eigenvalue weighted by Gasteiger charge is 2.52. The van der Waals surface area contributed by atoms with E-state index in [0.29, 0.717) is 30.7 Å². The van der Waals surface area contributed by atoms with E-state index in [0.717, 1.165) is 0 Å². The summed E-state index contributed by atoms with van der Waals surface area (Å²) in [5, 5.41) is 24.6. The van der Waals surface area contributed by atoms with Gasteiger partial charge in [0.2, 0.25) is 0 Å². The van der Waals surface area contributed by atoms with Gasteiger partial charge in [-0.15, -0.1) is 0 Å². The highest BCUT2D eigenvalue weighted by Crippen LogP contribution is 2.46. The minimum Gasteiger partial charge on any atom is -0.478 e. The van der Waals surface area contributed by atoms with E-state index < -0.39 is 40.0 Å². The Kier molecular flexibility index (Phi) is 6.80. The summed E-state index contributed by atoms with van der Waals surface area (Å²) in [6, 6.07) is 5.74. The van der Waals surface area contributed by atoms with Crippen LogP contribution in [-0.4, -0.2) is 53.1 Å². The topological polar surface area (TPSA) is 137 Å². The fraction of sp³-hybridized carbons (Fsp3) is 0.565. The van der Waals surface area contributed by atoms with E-state index in [1.807, 2.05) is 20.8 Å². The molecule has 1 aromatic rings. The number of esters is 1. The molecule has 3 rings (SSSR count). The summed E-state index contributed by atoms with van der Waals surface area (Å²) in [7, 11) is 1.25. The molecule has 0 aromatic heterocycles. The number of ether oxygens (including phenoxy) is 3. The van der Waals surface area contributed by atoms with Crippen LogP contribution in [-0.2, 0) is 23.8 Å². The Hall–Kier alpha value is -2.98. The van der Waals surface area contributed by atoms with Crippen LogP contribution in [0.15, 0.2) is 35.5 Å². The number of carboxylic acids is 1. The van der Waals surface area contributed by atoms with Gasteiger partial charge in [-0.1, -0.05) is 12.1 Å². The van der Waals surface area contributed by atoms with E-state index in [-0.39, 0.29) is 17.4 Å². The third-order valence-corrected chi connectivity index (χ3v) is 6.39. The molecule has 4 unspecified atom stereocenters. The first-order valence-electron chi connectivity index (χ1n) is 10.7. The Bertz CT molecular complexity index is 988. The summed E-state index contributed by atoms with van der Waals surface area (Å²) in [6.45, 7) is 7.54. The maximum atomic E-state index is 13.1. The standard InChI is InChI=1S/C23H30N2O8/c1-13-17(20(26)27)18(14-7-6-8-15(11-14)25(29)30)19(21(28)31-5)23(4,24-13)10-9-16-12-32-22(2,3)33-16/h6-8,11,16,18-19,24H,9-10,12H2,1-5H3,(H,26,27). The third kappa shape index (κ3) is 5.01. The number of rotatable bonds is 7. The first-order chi connectivity index (χ1) is 15.4. The van der Waals surface area contributed by atoms with E-state index >= 15 is 0 Å². The molecule has 0 amide bonds. The Morgan fingerprint density at radius 2 is 2.03 bits per heavy atom. The van der Waals surface area contributed by atoms with Crippen molar-refractivity contribution in [2.45, 2.75) is 63.9 Å². The normalized spacial score (nSPS) is 28.8. The van der Waals surface area contributed by atoms with Crippen molar-refractivity contribution in [3.05, 3.63) is 51.2 Å². The van der Waals surface area contributed by atoms with Gasteiger partial charge in [0.15, 0.2) is 5.79 Å². The summed E-state index contributed by atoms with van der Waals surface area (Å²) in [4.78, 5) is 36.2. The molecule has 2 heterocycles. The second kappa shape index (κ2) is 9.11. The lowest BCUT2D eigenvalue weighted by molar-refractivity contribution is -0.384. The number of nitrogens with one attached hydrogen (secondary N) is 1. The molecule has 180 valence electrons. The molecule has 0 bridgehead atoms.